The second kappa shape index (κ2) is 5.16. The van der Waals surface area contributed by atoms with E-state index in [4.69, 9.17) is 5.26 Å². The molecule has 0 aliphatic carbocycles. The summed E-state index contributed by atoms with van der Waals surface area (Å²) in [7, 11) is 0. The minimum absolute atomic E-state index is 0.0808. The molecule has 0 aliphatic heterocycles. The first-order valence-electron chi connectivity index (χ1n) is 4.92. The highest BCUT2D eigenvalue weighted by atomic mass is 16.2. The molecule has 15 heavy (non-hydrogen) atoms. The Labute approximate surface area is 89.9 Å². The summed E-state index contributed by atoms with van der Waals surface area (Å²) < 4.78 is 0. The topological polar surface area (TPSA) is 44.1 Å². The second-order valence-electron chi connectivity index (χ2n) is 3.35. The van der Waals surface area contributed by atoms with Crippen molar-refractivity contribution in [2.24, 2.45) is 0 Å². The normalized spacial score (nSPS) is 9.40. The first-order valence-corrected chi connectivity index (χ1v) is 4.92. The third-order valence-corrected chi connectivity index (χ3v) is 2.20. The van der Waals surface area contributed by atoms with Gasteiger partial charge >= 0.3 is 0 Å². The summed E-state index contributed by atoms with van der Waals surface area (Å²) in [5.41, 5.74) is 1.70. The quantitative estimate of drug-likeness (QED) is 0.703. The van der Waals surface area contributed by atoms with E-state index in [1.54, 1.807) is 6.07 Å². The standard InChI is InChI=1S/C12H14N2O/c1-3-14(8-7-13)12(15)11-6-4-5-10(2)9-11/h4-6,9H,3,8H2,1-2H3. The lowest BCUT2D eigenvalue weighted by Crippen LogP contribution is -2.31. The summed E-state index contributed by atoms with van der Waals surface area (Å²) >= 11 is 0. The number of hydrogen-bond acceptors (Lipinski definition) is 2. The smallest absolute Gasteiger partial charge is 0.254 e. The molecule has 0 aromatic heterocycles. The molecule has 0 atom stereocenters. The molecule has 0 fully saturated rings. The summed E-state index contributed by atoms with van der Waals surface area (Å²) in [5.74, 6) is -0.0808. The van der Waals surface area contributed by atoms with Crippen molar-refractivity contribution in [2.75, 3.05) is 13.1 Å². The zero-order valence-corrected chi connectivity index (χ0v) is 9.03. The van der Waals surface area contributed by atoms with Crippen LogP contribution in [0.3, 0.4) is 0 Å². The van der Waals surface area contributed by atoms with Gasteiger partial charge in [-0.3, -0.25) is 4.79 Å². The van der Waals surface area contributed by atoms with Crippen molar-refractivity contribution in [3.05, 3.63) is 35.4 Å². The Kier molecular flexibility index (Phi) is 3.87. The minimum atomic E-state index is -0.0808. The van der Waals surface area contributed by atoms with E-state index in [-0.39, 0.29) is 12.5 Å². The Morgan fingerprint density at radius 2 is 2.27 bits per heavy atom. The van der Waals surface area contributed by atoms with Crippen molar-refractivity contribution in [2.45, 2.75) is 13.8 Å². The Morgan fingerprint density at radius 1 is 1.53 bits per heavy atom. The van der Waals surface area contributed by atoms with E-state index in [1.165, 1.54) is 4.90 Å². The first kappa shape index (κ1) is 11.3. The van der Waals surface area contributed by atoms with Gasteiger partial charge in [0.15, 0.2) is 0 Å². The summed E-state index contributed by atoms with van der Waals surface area (Å²) in [4.78, 5) is 13.4. The van der Waals surface area contributed by atoms with Gasteiger partial charge in [-0.15, -0.1) is 0 Å². The third kappa shape index (κ3) is 2.81. The van der Waals surface area contributed by atoms with Gasteiger partial charge in [-0.05, 0) is 26.0 Å². The summed E-state index contributed by atoms with van der Waals surface area (Å²) in [6.45, 7) is 4.51. The predicted octanol–water partition coefficient (Wildman–Crippen LogP) is 1.98. The van der Waals surface area contributed by atoms with E-state index in [9.17, 15) is 4.79 Å². The summed E-state index contributed by atoms with van der Waals surface area (Å²) in [5, 5.41) is 8.57. The number of benzene rings is 1. The maximum Gasteiger partial charge on any atom is 0.254 e. The first-order chi connectivity index (χ1) is 7.19. The van der Waals surface area contributed by atoms with Gasteiger partial charge in [-0.25, -0.2) is 0 Å². The molecule has 0 unspecified atom stereocenters. The lowest BCUT2D eigenvalue weighted by Gasteiger charge is -2.17. The molecule has 0 N–H and O–H groups in total. The van der Waals surface area contributed by atoms with Gasteiger partial charge in [0, 0.05) is 12.1 Å². The number of aryl methyl sites for hydroxylation is 1. The SMILES string of the molecule is CCN(CC#N)C(=O)c1cccc(C)c1. The number of nitrogens with zero attached hydrogens (tertiary/aromatic N) is 2. The van der Waals surface area contributed by atoms with Crippen LogP contribution < -0.4 is 0 Å². The highest BCUT2D eigenvalue weighted by molar-refractivity contribution is 5.94. The highest BCUT2D eigenvalue weighted by Crippen LogP contribution is 2.07. The summed E-state index contributed by atoms with van der Waals surface area (Å²) in [6.07, 6.45) is 0. The zero-order valence-electron chi connectivity index (χ0n) is 9.03. The Bertz CT molecular complexity index is 393. The number of carbonyl (C=O) groups is 1. The Hall–Kier alpha value is -1.82. The Balaban J connectivity index is 2.88. The second-order valence-corrected chi connectivity index (χ2v) is 3.35. The van der Waals surface area contributed by atoms with Crippen LogP contribution in [0, 0.1) is 18.3 Å². The Morgan fingerprint density at radius 3 is 2.80 bits per heavy atom. The molecule has 1 aromatic carbocycles. The van der Waals surface area contributed by atoms with Gasteiger partial charge in [0.05, 0.1) is 6.07 Å². The van der Waals surface area contributed by atoms with E-state index in [2.05, 4.69) is 0 Å². The van der Waals surface area contributed by atoms with Gasteiger partial charge in [-0.2, -0.15) is 5.26 Å². The van der Waals surface area contributed by atoms with E-state index in [0.29, 0.717) is 12.1 Å². The van der Waals surface area contributed by atoms with Gasteiger partial charge < -0.3 is 4.90 Å². The lowest BCUT2D eigenvalue weighted by molar-refractivity contribution is 0.0784. The van der Waals surface area contributed by atoms with Crippen molar-refractivity contribution in [3.8, 4) is 6.07 Å². The van der Waals surface area contributed by atoms with Crippen molar-refractivity contribution >= 4 is 5.91 Å². The monoisotopic (exact) mass is 202 g/mol. The molecule has 1 amide bonds. The van der Waals surface area contributed by atoms with Crippen LogP contribution in [0.15, 0.2) is 24.3 Å². The molecule has 3 nitrogen and oxygen atoms in total. The molecule has 0 saturated carbocycles. The molecular weight excluding hydrogens is 188 g/mol. The molecule has 0 bridgehead atoms. The minimum Gasteiger partial charge on any atom is -0.326 e. The van der Waals surface area contributed by atoms with Crippen LogP contribution in [-0.4, -0.2) is 23.9 Å². The zero-order chi connectivity index (χ0) is 11.3. The van der Waals surface area contributed by atoms with Crippen LogP contribution in [0.4, 0.5) is 0 Å². The molecule has 0 saturated heterocycles. The maximum atomic E-state index is 11.9. The molecule has 3 heteroatoms. The fourth-order valence-corrected chi connectivity index (χ4v) is 1.37. The fourth-order valence-electron chi connectivity index (χ4n) is 1.37. The molecule has 1 aromatic rings. The van der Waals surface area contributed by atoms with Crippen molar-refractivity contribution in [1.82, 2.24) is 4.90 Å². The molecule has 0 radical (unpaired) electrons. The molecule has 78 valence electrons. The number of rotatable bonds is 3. The third-order valence-electron chi connectivity index (χ3n) is 2.20. The molecule has 0 spiro atoms. The molecule has 0 aliphatic rings. The van der Waals surface area contributed by atoms with Crippen LogP contribution in [0.25, 0.3) is 0 Å². The predicted molar refractivity (Wildman–Crippen MR) is 58.4 cm³/mol. The fraction of sp³-hybridized carbons (Fsp3) is 0.333. The van der Waals surface area contributed by atoms with Gasteiger partial charge in [-0.1, -0.05) is 17.7 Å². The van der Waals surface area contributed by atoms with Crippen LogP contribution in [0.5, 0.6) is 0 Å². The highest BCUT2D eigenvalue weighted by Gasteiger charge is 2.12. The van der Waals surface area contributed by atoms with Crippen molar-refractivity contribution < 1.29 is 4.79 Å². The van der Waals surface area contributed by atoms with E-state index >= 15 is 0 Å². The van der Waals surface area contributed by atoms with Gasteiger partial charge in [0.25, 0.3) is 5.91 Å². The number of carbonyl (C=O) groups excluding carboxylic acids is 1. The average Bonchev–Trinajstić information content (AvgIpc) is 2.25. The number of hydrogen-bond donors (Lipinski definition) is 0. The largest absolute Gasteiger partial charge is 0.326 e. The van der Waals surface area contributed by atoms with Crippen LogP contribution in [0.2, 0.25) is 0 Å². The maximum absolute atomic E-state index is 11.9. The molecule has 1 rings (SSSR count). The van der Waals surface area contributed by atoms with Gasteiger partial charge in [0.2, 0.25) is 0 Å². The molecular formula is C12H14N2O. The van der Waals surface area contributed by atoms with Gasteiger partial charge in [0.1, 0.15) is 6.54 Å². The van der Waals surface area contributed by atoms with E-state index < -0.39 is 0 Å². The van der Waals surface area contributed by atoms with Crippen LogP contribution >= 0.6 is 0 Å². The van der Waals surface area contributed by atoms with Crippen molar-refractivity contribution in [3.63, 3.8) is 0 Å². The van der Waals surface area contributed by atoms with Crippen LogP contribution in [-0.2, 0) is 0 Å². The number of amides is 1. The average molecular weight is 202 g/mol. The lowest BCUT2D eigenvalue weighted by atomic mass is 10.1. The summed E-state index contributed by atoms with van der Waals surface area (Å²) in [6, 6.07) is 9.39. The molecule has 0 heterocycles. The van der Waals surface area contributed by atoms with Crippen LogP contribution in [0.1, 0.15) is 22.8 Å². The number of nitriles is 1. The van der Waals surface area contributed by atoms with E-state index in [1.807, 2.05) is 38.1 Å². The van der Waals surface area contributed by atoms with E-state index in [0.717, 1.165) is 5.56 Å². The van der Waals surface area contributed by atoms with Crippen molar-refractivity contribution in [1.29, 1.82) is 5.26 Å².